The van der Waals surface area contributed by atoms with Crippen molar-refractivity contribution in [3.63, 3.8) is 0 Å². The molecule has 0 atom stereocenters. The van der Waals surface area contributed by atoms with Gasteiger partial charge in [-0.2, -0.15) is 9.78 Å². The second kappa shape index (κ2) is 7.94. The quantitative estimate of drug-likeness (QED) is 0.423. The number of benzene rings is 3. The number of fused-ring (bicyclic) bond motifs is 3. The number of nitrogens with zero attached hydrogens (tertiary/aromatic N) is 4. The Kier molecular flexibility index (Phi) is 4.94. The van der Waals surface area contributed by atoms with E-state index in [0.717, 1.165) is 16.6 Å². The number of aromatic nitrogens is 3. The van der Waals surface area contributed by atoms with Crippen LogP contribution < -0.4 is 15.2 Å². The summed E-state index contributed by atoms with van der Waals surface area (Å²) in [5.41, 5.74) is 2.47. The molecule has 7 nitrogen and oxygen atoms in total. The molecule has 164 valence electrons. The smallest absolute Gasteiger partial charge is 0.296 e. The summed E-state index contributed by atoms with van der Waals surface area (Å²) in [6.45, 7) is 0. The molecule has 0 bridgehead atoms. The van der Waals surface area contributed by atoms with Crippen molar-refractivity contribution >= 4 is 33.4 Å². The number of ether oxygens (including phenoxy) is 1. The van der Waals surface area contributed by atoms with Crippen molar-refractivity contribution in [1.82, 2.24) is 14.3 Å². The minimum atomic E-state index is -0.301. The number of aryl methyl sites for hydroxylation is 1. The van der Waals surface area contributed by atoms with E-state index >= 15 is 0 Å². The fourth-order valence-electron chi connectivity index (χ4n) is 4.15. The van der Waals surface area contributed by atoms with E-state index in [2.05, 4.69) is 5.10 Å². The first kappa shape index (κ1) is 20.5. The maximum atomic E-state index is 13.7. The molecule has 0 saturated carbocycles. The predicted molar refractivity (Wildman–Crippen MR) is 130 cm³/mol. The zero-order valence-corrected chi connectivity index (χ0v) is 18.5. The van der Waals surface area contributed by atoms with Crippen LogP contribution in [0.15, 0.2) is 83.7 Å². The molecule has 2 heterocycles. The molecule has 0 fully saturated rings. The van der Waals surface area contributed by atoms with E-state index in [1.54, 1.807) is 43.3 Å². The number of hydrogen-bond donors (Lipinski definition) is 0. The monoisotopic (exact) mass is 438 g/mol. The van der Waals surface area contributed by atoms with Crippen molar-refractivity contribution in [2.75, 3.05) is 19.1 Å². The summed E-state index contributed by atoms with van der Waals surface area (Å²) in [5.74, 6) is 0.363. The number of para-hydroxylation sites is 2. The molecule has 5 rings (SSSR count). The second-order valence-corrected chi connectivity index (χ2v) is 7.76. The Labute approximate surface area is 190 Å². The van der Waals surface area contributed by atoms with Crippen molar-refractivity contribution in [3.8, 4) is 11.4 Å². The van der Waals surface area contributed by atoms with E-state index in [0.29, 0.717) is 22.3 Å². The third kappa shape index (κ3) is 3.25. The highest BCUT2D eigenvalue weighted by Crippen LogP contribution is 2.29. The average Bonchev–Trinajstić information content (AvgIpc) is 3.17. The molecule has 7 heteroatoms. The zero-order chi connectivity index (χ0) is 23.1. The van der Waals surface area contributed by atoms with Crippen LogP contribution >= 0.6 is 0 Å². The Morgan fingerprint density at radius 1 is 0.939 bits per heavy atom. The van der Waals surface area contributed by atoms with Crippen LogP contribution in [0.3, 0.4) is 0 Å². The van der Waals surface area contributed by atoms with Gasteiger partial charge in [0.05, 0.1) is 12.8 Å². The van der Waals surface area contributed by atoms with Gasteiger partial charge >= 0.3 is 0 Å². The molecule has 0 radical (unpaired) electrons. The van der Waals surface area contributed by atoms with Gasteiger partial charge in [0, 0.05) is 36.1 Å². The van der Waals surface area contributed by atoms with Gasteiger partial charge in [0.25, 0.3) is 11.5 Å². The molecule has 0 aliphatic heterocycles. The van der Waals surface area contributed by atoms with E-state index in [4.69, 9.17) is 4.74 Å². The Balaban J connectivity index is 1.83. The van der Waals surface area contributed by atoms with E-state index in [1.807, 2.05) is 66.2 Å². The number of anilines is 1. The summed E-state index contributed by atoms with van der Waals surface area (Å²) >= 11 is 0. The highest BCUT2D eigenvalue weighted by atomic mass is 16.5. The summed E-state index contributed by atoms with van der Waals surface area (Å²) in [6, 6.07) is 24.0. The number of hydrogen-bond acceptors (Lipinski definition) is 4. The number of rotatable bonds is 4. The third-order valence-corrected chi connectivity index (χ3v) is 5.91. The lowest BCUT2D eigenvalue weighted by Gasteiger charge is -2.18. The molecule has 1 amide bonds. The first-order valence-corrected chi connectivity index (χ1v) is 10.5. The summed E-state index contributed by atoms with van der Waals surface area (Å²) in [5, 5.41) is 5.96. The molecule has 0 unspecified atom stereocenters. The van der Waals surface area contributed by atoms with Crippen molar-refractivity contribution in [2.24, 2.45) is 7.05 Å². The van der Waals surface area contributed by atoms with Gasteiger partial charge in [-0.05, 0) is 42.5 Å². The number of carbonyl (C=O) groups is 1. The van der Waals surface area contributed by atoms with Gasteiger partial charge in [0.15, 0.2) is 5.69 Å². The van der Waals surface area contributed by atoms with Crippen molar-refractivity contribution < 1.29 is 9.53 Å². The van der Waals surface area contributed by atoms with Gasteiger partial charge < -0.3 is 14.2 Å². The molecule has 0 N–H and O–H groups in total. The Hall–Kier alpha value is -4.39. The van der Waals surface area contributed by atoms with E-state index in [-0.39, 0.29) is 17.2 Å². The van der Waals surface area contributed by atoms with Gasteiger partial charge in [0.2, 0.25) is 0 Å². The van der Waals surface area contributed by atoms with Gasteiger partial charge in [-0.3, -0.25) is 9.59 Å². The lowest BCUT2D eigenvalue weighted by Crippen LogP contribution is -2.31. The normalized spacial score (nSPS) is 11.1. The summed E-state index contributed by atoms with van der Waals surface area (Å²) in [7, 11) is 5.12. The van der Waals surface area contributed by atoms with Gasteiger partial charge in [-0.1, -0.05) is 36.4 Å². The molecule has 5 aromatic rings. The standard InChI is InChI=1S/C26H22N4O3/c1-28(17-9-5-4-6-10-17)25(31)23-22-20-11-7-8-12-21(20)29(2)24(22)26(32)30(27-23)18-13-15-19(33-3)16-14-18/h4-16H,1-3H3. The van der Waals surface area contributed by atoms with Crippen LogP contribution in [-0.2, 0) is 7.05 Å². The molecule has 0 aliphatic carbocycles. The lowest BCUT2D eigenvalue weighted by molar-refractivity contribution is 0.0988. The minimum absolute atomic E-state index is 0.212. The molecule has 0 saturated heterocycles. The Morgan fingerprint density at radius 3 is 2.30 bits per heavy atom. The number of methoxy groups -OCH3 is 1. The number of amides is 1. The Morgan fingerprint density at radius 2 is 1.61 bits per heavy atom. The third-order valence-electron chi connectivity index (χ3n) is 5.91. The Bertz CT molecular complexity index is 1550. The highest BCUT2D eigenvalue weighted by molar-refractivity contribution is 6.20. The first-order valence-electron chi connectivity index (χ1n) is 10.5. The minimum Gasteiger partial charge on any atom is -0.497 e. The highest BCUT2D eigenvalue weighted by Gasteiger charge is 2.25. The second-order valence-electron chi connectivity index (χ2n) is 7.76. The molecule has 0 spiro atoms. The largest absolute Gasteiger partial charge is 0.497 e. The van der Waals surface area contributed by atoms with Crippen LogP contribution in [-0.4, -0.2) is 34.4 Å². The molecule has 2 aromatic heterocycles. The van der Waals surface area contributed by atoms with Crippen molar-refractivity contribution in [1.29, 1.82) is 0 Å². The van der Waals surface area contributed by atoms with Crippen LogP contribution in [0.5, 0.6) is 5.75 Å². The topological polar surface area (TPSA) is 69.4 Å². The molecule has 33 heavy (non-hydrogen) atoms. The van der Waals surface area contributed by atoms with Gasteiger partial charge in [-0.15, -0.1) is 0 Å². The summed E-state index contributed by atoms with van der Waals surface area (Å²) in [6.07, 6.45) is 0. The SMILES string of the molecule is COc1ccc(-n2nc(C(=O)N(C)c3ccccc3)c3c4ccccc4n(C)c3c2=O)cc1. The van der Waals surface area contributed by atoms with Crippen LogP contribution in [0.25, 0.3) is 27.5 Å². The van der Waals surface area contributed by atoms with Crippen molar-refractivity contribution in [2.45, 2.75) is 0 Å². The number of carbonyl (C=O) groups excluding carboxylic acids is 1. The lowest BCUT2D eigenvalue weighted by atomic mass is 10.1. The summed E-state index contributed by atoms with van der Waals surface area (Å²) in [4.78, 5) is 28.9. The van der Waals surface area contributed by atoms with Crippen LogP contribution in [0, 0.1) is 0 Å². The fourth-order valence-corrected chi connectivity index (χ4v) is 4.15. The van der Waals surface area contributed by atoms with Crippen molar-refractivity contribution in [3.05, 3.63) is 94.9 Å². The van der Waals surface area contributed by atoms with E-state index < -0.39 is 0 Å². The maximum Gasteiger partial charge on any atom is 0.296 e. The fraction of sp³-hybridized carbons (Fsp3) is 0.115. The molecule has 0 aliphatic rings. The maximum absolute atomic E-state index is 13.7. The van der Waals surface area contributed by atoms with E-state index in [9.17, 15) is 9.59 Å². The van der Waals surface area contributed by atoms with Gasteiger partial charge in [0.1, 0.15) is 11.3 Å². The summed E-state index contributed by atoms with van der Waals surface area (Å²) < 4.78 is 8.35. The molecule has 3 aromatic carbocycles. The molecular weight excluding hydrogens is 416 g/mol. The van der Waals surface area contributed by atoms with Crippen LogP contribution in [0.4, 0.5) is 5.69 Å². The predicted octanol–water partition coefficient (Wildman–Crippen LogP) is 4.16. The molecular formula is C26H22N4O3. The average molecular weight is 438 g/mol. The van der Waals surface area contributed by atoms with Crippen LogP contribution in [0.2, 0.25) is 0 Å². The van der Waals surface area contributed by atoms with E-state index in [1.165, 1.54) is 4.68 Å². The van der Waals surface area contributed by atoms with Gasteiger partial charge in [-0.25, -0.2) is 0 Å². The zero-order valence-electron chi connectivity index (χ0n) is 18.5. The van der Waals surface area contributed by atoms with Crippen LogP contribution in [0.1, 0.15) is 10.5 Å². The first-order chi connectivity index (χ1) is 16.0.